The Hall–Kier alpha value is -3.31. The van der Waals surface area contributed by atoms with Crippen LogP contribution < -0.4 is 9.47 Å². The normalized spacial score (nSPS) is 10.8. The van der Waals surface area contributed by atoms with E-state index in [2.05, 4.69) is 21.0 Å². The molecule has 0 saturated carbocycles. The monoisotopic (exact) mass is 366 g/mol. The minimum atomic E-state index is -0.475. The zero-order valence-electron chi connectivity index (χ0n) is 13.8. The van der Waals surface area contributed by atoms with Crippen LogP contribution in [0.5, 0.6) is 11.6 Å². The Kier molecular flexibility index (Phi) is 3.86. The molecular formula is C18H11FN4O2S. The van der Waals surface area contributed by atoms with Gasteiger partial charge in [0.15, 0.2) is 11.6 Å². The molecule has 8 heteroatoms. The summed E-state index contributed by atoms with van der Waals surface area (Å²) in [7, 11) is 2.92. The van der Waals surface area contributed by atoms with Crippen LogP contribution in [-0.2, 0) is 0 Å². The first-order valence-electron chi connectivity index (χ1n) is 7.52. The van der Waals surface area contributed by atoms with Gasteiger partial charge in [0.25, 0.3) is 0 Å². The van der Waals surface area contributed by atoms with E-state index in [1.54, 1.807) is 18.2 Å². The SMILES string of the molecule is COc1cnc2c(-c3nc4cc(F)c(OC)cc4s3)cc(C#N)cc2n1. The summed E-state index contributed by atoms with van der Waals surface area (Å²) in [5, 5.41) is 9.95. The van der Waals surface area contributed by atoms with Gasteiger partial charge in [0.2, 0.25) is 5.88 Å². The summed E-state index contributed by atoms with van der Waals surface area (Å²) in [4.78, 5) is 13.2. The van der Waals surface area contributed by atoms with Gasteiger partial charge in [0, 0.05) is 17.7 Å². The second kappa shape index (κ2) is 6.20. The smallest absolute Gasteiger partial charge is 0.232 e. The number of hydrogen-bond donors (Lipinski definition) is 0. The maximum absolute atomic E-state index is 13.9. The van der Waals surface area contributed by atoms with Crippen LogP contribution in [0.25, 0.3) is 31.8 Å². The van der Waals surface area contributed by atoms with E-state index in [1.807, 2.05) is 0 Å². The highest BCUT2D eigenvalue weighted by Gasteiger charge is 2.16. The average Bonchev–Trinajstić information content (AvgIpc) is 3.08. The fraction of sp³-hybridized carbons (Fsp3) is 0.111. The third-order valence-corrected chi connectivity index (χ3v) is 4.91. The predicted molar refractivity (Wildman–Crippen MR) is 95.9 cm³/mol. The Balaban J connectivity index is 1.98. The van der Waals surface area contributed by atoms with Gasteiger partial charge in [-0.05, 0) is 12.1 Å². The molecule has 0 radical (unpaired) electrons. The molecule has 0 unspecified atom stereocenters. The number of nitrogens with zero attached hydrogens (tertiary/aromatic N) is 4. The number of fused-ring (bicyclic) bond motifs is 2. The average molecular weight is 366 g/mol. The van der Waals surface area contributed by atoms with E-state index < -0.39 is 5.82 Å². The first-order chi connectivity index (χ1) is 12.6. The summed E-state index contributed by atoms with van der Waals surface area (Å²) in [6.07, 6.45) is 1.51. The second-order valence-electron chi connectivity index (χ2n) is 5.39. The molecule has 0 atom stereocenters. The zero-order chi connectivity index (χ0) is 18.3. The van der Waals surface area contributed by atoms with Crippen LogP contribution >= 0.6 is 11.3 Å². The molecule has 128 valence electrons. The van der Waals surface area contributed by atoms with E-state index in [1.165, 1.54) is 37.8 Å². The summed E-state index contributed by atoms with van der Waals surface area (Å²) in [6.45, 7) is 0. The Morgan fingerprint density at radius 1 is 1.08 bits per heavy atom. The van der Waals surface area contributed by atoms with Gasteiger partial charge >= 0.3 is 0 Å². The number of ether oxygens (including phenoxy) is 2. The molecular weight excluding hydrogens is 355 g/mol. The molecule has 0 spiro atoms. The molecule has 0 fully saturated rings. The van der Waals surface area contributed by atoms with Crippen LogP contribution in [0.3, 0.4) is 0 Å². The highest BCUT2D eigenvalue weighted by atomic mass is 32.1. The fourth-order valence-corrected chi connectivity index (χ4v) is 3.63. The van der Waals surface area contributed by atoms with Crippen LogP contribution in [0.1, 0.15) is 5.56 Å². The predicted octanol–water partition coefficient (Wildman–Crippen LogP) is 3.93. The molecule has 0 saturated heterocycles. The lowest BCUT2D eigenvalue weighted by molar-refractivity contribution is 0.387. The number of hydrogen-bond acceptors (Lipinski definition) is 7. The van der Waals surface area contributed by atoms with Gasteiger partial charge in [0.1, 0.15) is 5.01 Å². The van der Waals surface area contributed by atoms with Crippen molar-refractivity contribution in [1.29, 1.82) is 5.26 Å². The largest absolute Gasteiger partial charge is 0.494 e. The molecule has 6 nitrogen and oxygen atoms in total. The Morgan fingerprint density at radius 3 is 2.65 bits per heavy atom. The Labute approximate surface area is 151 Å². The lowest BCUT2D eigenvalue weighted by Gasteiger charge is -2.05. The molecule has 0 bridgehead atoms. The van der Waals surface area contributed by atoms with Gasteiger partial charge in [-0.1, -0.05) is 0 Å². The Morgan fingerprint density at radius 2 is 1.92 bits per heavy atom. The molecule has 0 aliphatic rings. The van der Waals surface area contributed by atoms with Crippen molar-refractivity contribution in [3.8, 4) is 28.3 Å². The topological polar surface area (TPSA) is 80.9 Å². The quantitative estimate of drug-likeness (QED) is 0.546. The van der Waals surface area contributed by atoms with E-state index in [4.69, 9.17) is 9.47 Å². The fourth-order valence-electron chi connectivity index (χ4n) is 2.63. The number of aromatic nitrogens is 3. The number of benzene rings is 2. The van der Waals surface area contributed by atoms with Crippen molar-refractivity contribution in [2.24, 2.45) is 0 Å². The molecule has 26 heavy (non-hydrogen) atoms. The molecule has 2 aromatic carbocycles. The van der Waals surface area contributed by atoms with Gasteiger partial charge < -0.3 is 9.47 Å². The van der Waals surface area contributed by atoms with Crippen molar-refractivity contribution >= 4 is 32.6 Å². The summed E-state index contributed by atoms with van der Waals surface area (Å²) < 4.78 is 24.8. The second-order valence-corrected chi connectivity index (χ2v) is 6.42. The van der Waals surface area contributed by atoms with Gasteiger partial charge in [-0.2, -0.15) is 5.26 Å². The summed E-state index contributed by atoms with van der Waals surface area (Å²) in [5.41, 5.74) is 2.73. The first-order valence-corrected chi connectivity index (χ1v) is 8.34. The van der Waals surface area contributed by atoms with Crippen LogP contribution in [0.4, 0.5) is 4.39 Å². The molecule has 4 rings (SSSR count). The number of thiazole rings is 1. The number of halogens is 1. The summed E-state index contributed by atoms with van der Waals surface area (Å²) in [5.74, 6) is 0.0412. The first kappa shape index (κ1) is 16.2. The highest BCUT2D eigenvalue weighted by Crippen LogP contribution is 2.36. The maximum atomic E-state index is 13.9. The standard InChI is InChI=1S/C18H11FN4O2S/c1-24-14-6-15-12(5-11(14)19)23-18(26-15)10-3-9(7-20)4-13-17(10)21-8-16(22-13)25-2/h3-6,8H,1-2H3. The number of methoxy groups -OCH3 is 2. The minimum absolute atomic E-state index is 0.160. The van der Waals surface area contributed by atoms with Crippen LogP contribution in [0, 0.1) is 17.1 Å². The van der Waals surface area contributed by atoms with Crippen LogP contribution in [0.15, 0.2) is 30.5 Å². The molecule has 0 amide bonds. The minimum Gasteiger partial charge on any atom is -0.494 e. The summed E-state index contributed by atoms with van der Waals surface area (Å²) >= 11 is 1.37. The molecule has 4 aromatic rings. The Bertz CT molecular complexity index is 1200. The van der Waals surface area contributed by atoms with Gasteiger partial charge in [-0.3, -0.25) is 0 Å². The zero-order valence-corrected chi connectivity index (χ0v) is 14.6. The third-order valence-electron chi connectivity index (χ3n) is 3.86. The van der Waals surface area contributed by atoms with Crippen LogP contribution in [-0.4, -0.2) is 29.2 Å². The van der Waals surface area contributed by atoms with Gasteiger partial charge in [-0.15, -0.1) is 11.3 Å². The van der Waals surface area contributed by atoms with E-state index in [9.17, 15) is 9.65 Å². The van der Waals surface area contributed by atoms with E-state index in [0.717, 1.165) is 4.70 Å². The van der Waals surface area contributed by atoms with Crippen molar-refractivity contribution in [1.82, 2.24) is 15.0 Å². The lowest BCUT2D eigenvalue weighted by Crippen LogP contribution is -1.93. The molecule has 0 N–H and O–H groups in total. The van der Waals surface area contributed by atoms with Crippen molar-refractivity contribution in [3.05, 3.63) is 41.8 Å². The van der Waals surface area contributed by atoms with Crippen LogP contribution in [0.2, 0.25) is 0 Å². The highest BCUT2D eigenvalue weighted by molar-refractivity contribution is 7.21. The van der Waals surface area contributed by atoms with Crippen molar-refractivity contribution in [2.75, 3.05) is 14.2 Å². The molecule has 2 heterocycles. The van der Waals surface area contributed by atoms with E-state index in [0.29, 0.717) is 38.6 Å². The van der Waals surface area contributed by atoms with Crippen molar-refractivity contribution in [2.45, 2.75) is 0 Å². The van der Waals surface area contributed by atoms with Gasteiger partial charge in [0.05, 0.1) is 53.3 Å². The number of rotatable bonds is 3. The van der Waals surface area contributed by atoms with Crippen molar-refractivity contribution < 1.29 is 13.9 Å². The van der Waals surface area contributed by atoms with Crippen molar-refractivity contribution in [3.63, 3.8) is 0 Å². The van der Waals surface area contributed by atoms with Gasteiger partial charge in [-0.25, -0.2) is 19.3 Å². The molecule has 2 aromatic heterocycles. The lowest BCUT2D eigenvalue weighted by atomic mass is 10.1. The third kappa shape index (κ3) is 2.59. The van der Waals surface area contributed by atoms with E-state index >= 15 is 0 Å². The number of nitriles is 1. The van der Waals surface area contributed by atoms with E-state index in [-0.39, 0.29) is 5.75 Å². The summed E-state index contributed by atoms with van der Waals surface area (Å²) in [6, 6.07) is 8.40. The maximum Gasteiger partial charge on any atom is 0.232 e. The molecule has 0 aliphatic carbocycles. The molecule has 0 aliphatic heterocycles.